The molecule has 0 spiro atoms. The molecule has 0 radical (unpaired) electrons. The number of benzene rings is 2. The second-order valence-electron chi connectivity index (χ2n) is 23.0. The molecule has 28 N–H and O–H groups in total. The SMILES string of the molecule is CC(C)C[C@H](NC(=O)[C@H](Cc1ccccc1)NC(=O)[C@@H]([NH3+])CO)C(=O)N[C@@H](CCC(N)=O)C(=O)N[C@@H](CCCNC(N)N)C(=O)N[C@@H](Cc1ccc(O[P+](O)(O)O)cc1)C(=O)N[C@@H](CO)C(=O)N[C@@H](CO)C(=O)N[C@@H](CC(=O)O)C(=O)N1CCC[C@H]1C(=O)N[C@H](C(=O)O)[C@@H](C)O. The Balaban J connectivity index is 2.00. The van der Waals surface area contributed by atoms with E-state index in [-0.39, 0.29) is 68.8 Å². The normalized spacial score (nSPS) is 16.4. The van der Waals surface area contributed by atoms with Crippen LogP contribution < -0.4 is 80.6 Å². The summed E-state index contributed by atoms with van der Waals surface area (Å²) < 4.78 is 4.71. The number of primary amides is 1. The smallest absolute Gasteiger partial charge is 0.481 e. The fourth-order valence-electron chi connectivity index (χ4n) is 9.62. The van der Waals surface area contributed by atoms with Gasteiger partial charge in [-0.15, -0.1) is 0 Å². The molecule has 0 saturated carbocycles. The minimum Gasteiger partial charge on any atom is -0.481 e. The number of nitrogens with two attached hydrogens (primary N) is 3. The lowest BCUT2D eigenvalue weighted by atomic mass is 10.00. The van der Waals surface area contributed by atoms with Crippen molar-refractivity contribution in [1.82, 2.24) is 58.1 Å². The first-order valence-corrected chi connectivity index (χ1v) is 31.9. The Morgan fingerprint density at radius 3 is 1.53 bits per heavy atom. The number of carboxylic acids is 2. The van der Waals surface area contributed by atoms with Gasteiger partial charge in [0.15, 0.2) is 17.8 Å². The minimum atomic E-state index is -4.84. The van der Waals surface area contributed by atoms with E-state index in [2.05, 4.69) is 58.9 Å². The van der Waals surface area contributed by atoms with Crippen LogP contribution in [0.4, 0.5) is 0 Å². The summed E-state index contributed by atoms with van der Waals surface area (Å²) in [6, 6.07) is -5.26. The molecule has 96 heavy (non-hydrogen) atoms. The maximum atomic E-state index is 14.6. The lowest BCUT2D eigenvalue weighted by Gasteiger charge is -2.30. The van der Waals surface area contributed by atoms with E-state index in [9.17, 15) is 108 Å². The van der Waals surface area contributed by atoms with E-state index < -0.39 is 209 Å². The van der Waals surface area contributed by atoms with E-state index in [1.54, 1.807) is 44.2 Å². The zero-order valence-electron chi connectivity index (χ0n) is 53.0. The van der Waals surface area contributed by atoms with Crippen LogP contribution in [0.25, 0.3) is 0 Å². The van der Waals surface area contributed by atoms with Crippen molar-refractivity contribution in [1.29, 1.82) is 0 Å². The number of likely N-dealkylation sites (tertiary alicyclic amines) is 1. The number of carboxylic acid groups (broad SMARTS) is 2. The van der Waals surface area contributed by atoms with Crippen LogP contribution in [0.5, 0.6) is 5.75 Å². The zero-order valence-corrected chi connectivity index (χ0v) is 53.9. The van der Waals surface area contributed by atoms with Gasteiger partial charge in [0, 0.05) is 25.8 Å². The number of aliphatic hydroxyl groups is 4. The number of nitrogens with zero attached hydrogens (tertiary/aromatic N) is 1. The van der Waals surface area contributed by atoms with Crippen molar-refractivity contribution in [3.63, 3.8) is 0 Å². The third-order valence-corrected chi connectivity index (χ3v) is 15.0. The maximum absolute atomic E-state index is 14.6. The van der Waals surface area contributed by atoms with Crippen molar-refractivity contribution < 1.29 is 118 Å². The summed E-state index contributed by atoms with van der Waals surface area (Å²) in [5.41, 5.74) is 21.1. The van der Waals surface area contributed by atoms with Gasteiger partial charge < -0.3 is 106 Å². The summed E-state index contributed by atoms with van der Waals surface area (Å²) in [6.07, 6.45) is -5.67. The largest absolute Gasteiger partial charge is 0.613 e. The van der Waals surface area contributed by atoms with Crippen molar-refractivity contribution >= 4 is 85.1 Å². The number of amides is 11. The molecular formula is C57H90N15O23P+2. The summed E-state index contributed by atoms with van der Waals surface area (Å²) in [6.45, 7) is 1.15. The second-order valence-corrected chi connectivity index (χ2v) is 24.2. The summed E-state index contributed by atoms with van der Waals surface area (Å²) >= 11 is 0. The highest BCUT2D eigenvalue weighted by atomic mass is 31.2. The van der Waals surface area contributed by atoms with Crippen LogP contribution in [0.1, 0.15) is 83.3 Å². The number of hydrogen-bond donors (Lipinski definition) is 23. The van der Waals surface area contributed by atoms with Crippen molar-refractivity contribution in [3.05, 3.63) is 65.7 Å². The molecule has 1 fully saturated rings. The van der Waals surface area contributed by atoms with Crippen LogP contribution >= 0.6 is 8.17 Å². The molecule has 0 aliphatic carbocycles. The molecule has 1 heterocycles. The Hall–Kier alpha value is -8.66. The second kappa shape index (κ2) is 40.0. The van der Waals surface area contributed by atoms with Crippen molar-refractivity contribution in [3.8, 4) is 5.75 Å². The van der Waals surface area contributed by atoms with Gasteiger partial charge >= 0.3 is 20.1 Å². The summed E-state index contributed by atoms with van der Waals surface area (Å²) in [5, 5.41) is 83.3. The Morgan fingerprint density at radius 1 is 0.604 bits per heavy atom. The molecule has 38 nitrogen and oxygen atoms in total. The van der Waals surface area contributed by atoms with E-state index in [1.807, 2.05) is 0 Å². The maximum Gasteiger partial charge on any atom is 0.613 e. The monoisotopic (exact) mass is 1380 g/mol. The Labute approximate surface area is 550 Å². The van der Waals surface area contributed by atoms with E-state index >= 15 is 0 Å². The molecule has 534 valence electrons. The van der Waals surface area contributed by atoms with Crippen LogP contribution in [-0.2, 0) is 75.2 Å². The van der Waals surface area contributed by atoms with Crippen LogP contribution in [0.15, 0.2) is 54.6 Å². The molecule has 1 saturated heterocycles. The van der Waals surface area contributed by atoms with Gasteiger partial charge in [0.1, 0.15) is 67.3 Å². The molecular weight excluding hydrogens is 1290 g/mol. The fourth-order valence-corrected chi connectivity index (χ4v) is 10.0. The van der Waals surface area contributed by atoms with Crippen LogP contribution in [0.2, 0.25) is 0 Å². The summed E-state index contributed by atoms with van der Waals surface area (Å²) in [4.78, 5) is 205. The third-order valence-electron chi connectivity index (χ3n) is 14.6. The summed E-state index contributed by atoms with van der Waals surface area (Å²) in [5.74, 6) is -15.9. The lowest BCUT2D eigenvalue weighted by Crippen LogP contribution is -2.70. The van der Waals surface area contributed by atoms with Crippen molar-refractivity contribution in [2.75, 3.05) is 32.9 Å². The van der Waals surface area contributed by atoms with Crippen LogP contribution in [0.3, 0.4) is 0 Å². The molecule has 0 bridgehead atoms. The molecule has 0 aromatic heterocycles. The van der Waals surface area contributed by atoms with Gasteiger partial charge in [-0.3, -0.25) is 67.4 Å². The lowest BCUT2D eigenvalue weighted by molar-refractivity contribution is -0.409. The number of quaternary nitrogens is 1. The van der Waals surface area contributed by atoms with Crippen LogP contribution in [0, 0.1) is 5.92 Å². The Kier molecular flexibility index (Phi) is 34.0. The average Bonchev–Trinajstić information content (AvgIpc) is 1.56. The molecule has 12 atom stereocenters. The number of aliphatic carboxylic acids is 2. The van der Waals surface area contributed by atoms with Gasteiger partial charge in [-0.2, -0.15) is 14.7 Å². The highest BCUT2D eigenvalue weighted by Gasteiger charge is 2.42. The highest BCUT2D eigenvalue weighted by molar-refractivity contribution is 7.53. The third kappa shape index (κ3) is 28.3. The molecule has 0 unspecified atom stereocenters. The molecule has 39 heteroatoms. The first kappa shape index (κ1) is 81.6. The first-order valence-electron chi connectivity index (χ1n) is 30.3. The highest BCUT2D eigenvalue weighted by Crippen LogP contribution is 2.46. The predicted molar refractivity (Wildman–Crippen MR) is 333 cm³/mol. The van der Waals surface area contributed by atoms with E-state index in [4.69, 9.17) is 21.7 Å². The number of rotatable bonds is 42. The van der Waals surface area contributed by atoms with E-state index in [0.717, 1.165) is 24.0 Å². The quantitative estimate of drug-likeness (QED) is 0.0167. The standard InChI is InChI=1S/C57H88N15O23P/c1-28(2)21-36(66-50(84)37(65-46(80)33(58)25-73)22-30-9-5-4-6-10-30)49(83)64-35(17-18-43(59)77)48(82)63-34(11-7-19-62-57(60)61)47(81)67-38(23-31-13-15-32(16-14-31)95-96(92,93)94)51(85)69-41(27-75)53(87)70-40(26-74)52(86)68-39(24-44(78)79)55(89)72-20-8-12-42(72)54(88)71-45(29(3)76)56(90)91/h4-6,9-10,13-16,28-29,33-42,45,57,62,73-76,92-94H,7-8,11-12,17-27,58,60-61H2,1-3H3,(H12-,59,63,64,65,66,67,68,69,70,71,77,78,79,80,81,82,83,84,85,86,87,88,90,91)/p+2/t29-,33+,34+,35+,36+,37+,38+,39+,40+,41+,42+,45+/m1/s1. The van der Waals surface area contributed by atoms with Gasteiger partial charge in [0.2, 0.25) is 59.1 Å². The van der Waals surface area contributed by atoms with Crippen LogP contribution in [-0.4, -0.2) is 239 Å². The molecule has 2 aromatic carbocycles. The Morgan fingerprint density at radius 2 is 1.06 bits per heavy atom. The fraction of sp³-hybridized carbons (Fsp3) is 0.561. The topological polar surface area (TPSA) is 642 Å². The predicted octanol–water partition coefficient (Wildman–Crippen LogP) is -9.73. The van der Waals surface area contributed by atoms with Gasteiger partial charge in [0.05, 0.1) is 25.7 Å². The van der Waals surface area contributed by atoms with Crippen molar-refractivity contribution in [2.24, 2.45) is 23.1 Å². The number of carbonyl (C=O) groups excluding carboxylic acids is 11. The zero-order chi connectivity index (χ0) is 72.1. The molecule has 2 aromatic rings. The van der Waals surface area contributed by atoms with E-state index in [0.29, 0.717) is 5.56 Å². The van der Waals surface area contributed by atoms with Gasteiger partial charge in [-0.1, -0.05) is 56.3 Å². The minimum absolute atomic E-state index is 0.00467. The molecule has 1 aliphatic heterocycles. The number of aliphatic hydroxyl groups excluding tert-OH is 4. The Bertz CT molecular complexity index is 2980. The number of nitrogens with one attached hydrogen (secondary N) is 10. The van der Waals surface area contributed by atoms with Gasteiger partial charge in [-0.25, -0.2) is 4.79 Å². The first-order chi connectivity index (χ1) is 45.1. The van der Waals surface area contributed by atoms with Gasteiger partial charge in [-0.05, 0) is 81.2 Å². The molecule has 1 aliphatic rings. The number of hydrogen-bond acceptors (Lipinski definition) is 24. The van der Waals surface area contributed by atoms with E-state index in [1.165, 1.54) is 12.1 Å². The molecule has 3 rings (SSSR count). The average molecular weight is 1380 g/mol. The van der Waals surface area contributed by atoms with Crippen molar-refractivity contribution in [2.45, 2.75) is 164 Å². The molecule has 11 amide bonds. The summed E-state index contributed by atoms with van der Waals surface area (Å²) in [7, 11) is -4.84. The number of carbonyl (C=O) groups is 13. The van der Waals surface area contributed by atoms with Gasteiger partial charge in [0.25, 0.3) is 5.91 Å².